The second kappa shape index (κ2) is 12.2. The van der Waals surface area contributed by atoms with E-state index >= 15 is 0 Å². The first kappa shape index (κ1) is 27.2. The van der Waals surface area contributed by atoms with Gasteiger partial charge in [-0.2, -0.15) is 0 Å². The number of anilines is 1. The number of hydrogen-bond donors (Lipinski definition) is 1. The van der Waals surface area contributed by atoms with Crippen molar-refractivity contribution in [3.05, 3.63) is 58.8 Å². The molecule has 2 aliphatic heterocycles. The highest BCUT2D eigenvalue weighted by atomic mass is 16.5. The van der Waals surface area contributed by atoms with Crippen LogP contribution >= 0.6 is 0 Å². The number of ether oxygens (including phenoxy) is 1. The van der Waals surface area contributed by atoms with Crippen molar-refractivity contribution in [1.82, 2.24) is 28.9 Å². The SMILES string of the molecule is CCN1CCN([C@H]2CC[C@H](Nc3nccc(-c4cn(C5CCOCC5)c(=O)n4-c4cccc(C)c4)n3)CC2)CC1. The molecule has 1 aromatic carbocycles. The summed E-state index contributed by atoms with van der Waals surface area (Å²) in [7, 11) is 0. The van der Waals surface area contributed by atoms with Gasteiger partial charge < -0.3 is 15.0 Å². The molecule has 0 radical (unpaired) electrons. The highest BCUT2D eigenvalue weighted by Gasteiger charge is 2.29. The molecule has 3 aliphatic rings. The molecule has 2 saturated heterocycles. The van der Waals surface area contributed by atoms with Crippen molar-refractivity contribution in [3.8, 4) is 17.1 Å². The van der Waals surface area contributed by atoms with Gasteiger partial charge in [0, 0.05) is 69.9 Å². The minimum absolute atomic E-state index is 0.0290. The van der Waals surface area contributed by atoms with Gasteiger partial charge in [0.2, 0.25) is 5.95 Å². The highest BCUT2D eigenvalue weighted by Crippen LogP contribution is 2.28. The van der Waals surface area contributed by atoms with Crippen molar-refractivity contribution in [2.24, 2.45) is 0 Å². The third kappa shape index (κ3) is 5.87. The maximum absolute atomic E-state index is 13.8. The maximum Gasteiger partial charge on any atom is 0.333 e. The normalized spacial score (nSPS) is 23.4. The number of aryl methyl sites for hydroxylation is 1. The molecule has 4 heterocycles. The summed E-state index contributed by atoms with van der Waals surface area (Å²) < 4.78 is 9.25. The Hall–Kier alpha value is -3.01. The Kier molecular flexibility index (Phi) is 8.32. The lowest BCUT2D eigenvalue weighted by Gasteiger charge is -2.41. The number of piperazine rings is 1. The van der Waals surface area contributed by atoms with Crippen LogP contribution in [-0.4, -0.2) is 86.9 Å². The first-order valence-electron chi connectivity index (χ1n) is 15.1. The first-order chi connectivity index (χ1) is 19.6. The lowest BCUT2D eigenvalue weighted by atomic mass is 9.90. The van der Waals surface area contributed by atoms with Crippen LogP contribution in [0, 0.1) is 6.92 Å². The molecule has 1 aliphatic carbocycles. The van der Waals surface area contributed by atoms with Crippen LogP contribution in [0.5, 0.6) is 0 Å². The molecule has 214 valence electrons. The van der Waals surface area contributed by atoms with E-state index in [-0.39, 0.29) is 11.7 Å². The number of benzene rings is 1. The van der Waals surface area contributed by atoms with Crippen LogP contribution in [-0.2, 0) is 4.74 Å². The lowest BCUT2D eigenvalue weighted by molar-refractivity contribution is 0.0686. The van der Waals surface area contributed by atoms with Crippen LogP contribution in [0.25, 0.3) is 17.1 Å². The van der Waals surface area contributed by atoms with Crippen molar-refractivity contribution >= 4 is 5.95 Å². The van der Waals surface area contributed by atoms with Crippen molar-refractivity contribution in [1.29, 1.82) is 0 Å². The zero-order chi connectivity index (χ0) is 27.5. The number of aromatic nitrogens is 4. The second-order valence-electron chi connectivity index (χ2n) is 11.6. The van der Waals surface area contributed by atoms with Crippen molar-refractivity contribution in [3.63, 3.8) is 0 Å². The van der Waals surface area contributed by atoms with Crippen LogP contribution in [0.2, 0.25) is 0 Å². The van der Waals surface area contributed by atoms with E-state index in [4.69, 9.17) is 9.72 Å². The molecule has 1 saturated carbocycles. The fraction of sp³-hybridized carbons (Fsp3) is 0.581. The minimum Gasteiger partial charge on any atom is -0.381 e. The number of likely N-dealkylation sites (N-methyl/N-ethyl adjacent to an activating group) is 1. The molecular formula is C31H43N7O2. The molecule has 9 nitrogen and oxygen atoms in total. The Morgan fingerprint density at radius 3 is 2.48 bits per heavy atom. The van der Waals surface area contributed by atoms with Gasteiger partial charge in [-0.1, -0.05) is 19.1 Å². The molecule has 0 unspecified atom stereocenters. The van der Waals surface area contributed by atoms with Crippen LogP contribution in [0.3, 0.4) is 0 Å². The smallest absolute Gasteiger partial charge is 0.333 e. The summed E-state index contributed by atoms with van der Waals surface area (Å²) in [6.45, 7) is 11.6. The van der Waals surface area contributed by atoms with Gasteiger partial charge in [0.05, 0.1) is 17.1 Å². The standard InChI is InChI=1S/C31H43N7O2/c1-3-35-15-17-36(18-16-35)25-9-7-24(8-10-25)33-30-32-14-11-28(34-30)29-22-37(26-12-19-40-20-13-26)31(39)38(29)27-6-4-5-23(2)21-27/h4-6,11,14,21-22,24-26H,3,7-10,12-13,15-20H2,1-2H3,(H,32,33,34)/t24-,25-. The van der Waals surface area contributed by atoms with E-state index in [1.54, 1.807) is 10.8 Å². The van der Waals surface area contributed by atoms with Crippen molar-refractivity contribution < 1.29 is 4.74 Å². The van der Waals surface area contributed by atoms with Crippen LogP contribution in [0.15, 0.2) is 47.5 Å². The van der Waals surface area contributed by atoms with Crippen molar-refractivity contribution in [2.45, 2.75) is 70.5 Å². The maximum atomic E-state index is 13.8. The molecule has 1 N–H and O–H groups in total. The third-order valence-corrected chi connectivity index (χ3v) is 9.08. The number of rotatable bonds is 7. The van der Waals surface area contributed by atoms with Crippen LogP contribution < -0.4 is 11.0 Å². The molecule has 0 spiro atoms. The Morgan fingerprint density at radius 2 is 1.75 bits per heavy atom. The number of nitrogens with one attached hydrogen (secondary N) is 1. The number of hydrogen-bond acceptors (Lipinski definition) is 7. The van der Waals surface area contributed by atoms with Gasteiger partial charge >= 0.3 is 5.69 Å². The summed E-state index contributed by atoms with van der Waals surface area (Å²) in [6, 6.07) is 11.2. The fourth-order valence-corrected chi connectivity index (χ4v) is 6.67. The summed E-state index contributed by atoms with van der Waals surface area (Å²) in [5.41, 5.74) is 3.49. The van der Waals surface area contributed by atoms with E-state index in [0.717, 1.165) is 54.9 Å². The van der Waals surface area contributed by atoms with Crippen LogP contribution in [0.1, 0.15) is 57.1 Å². The summed E-state index contributed by atoms with van der Waals surface area (Å²) >= 11 is 0. The predicted octanol–water partition coefficient (Wildman–Crippen LogP) is 4.12. The Morgan fingerprint density at radius 1 is 0.975 bits per heavy atom. The Labute approximate surface area is 237 Å². The summed E-state index contributed by atoms with van der Waals surface area (Å²) in [5.74, 6) is 0.638. The van der Waals surface area contributed by atoms with E-state index in [9.17, 15) is 4.79 Å². The second-order valence-corrected chi connectivity index (χ2v) is 11.6. The van der Waals surface area contributed by atoms with Gasteiger partial charge in [0.15, 0.2) is 0 Å². The Balaban J connectivity index is 1.20. The third-order valence-electron chi connectivity index (χ3n) is 9.08. The largest absolute Gasteiger partial charge is 0.381 e. The van der Waals surface area contributed by atoms with Gasteiger partial charge in [-0.3, -0.25) is 14.0 Å². The average molecular weight is 546 g/mol. The first-order valence-corrected chi connectivity index (χ1v) is 15.1. The van der Waals surface area contributed by atoms with E-state index in [2.05, 4.69) is 46.1 Å². The van der Waals surface area contributed by atoms with E-state index in [1.807, 2.05) is 29.0 Å². The molecule has 0 amide bonds. The summed E-state index contributed by atoms with van der Waals surface area (Å²) in [4.78, 5) is 28.5. The Bertz CT molecular complexity index is 1330. The molecule has 3 fully saturated rings. The summed E-state index contributed by atoms with van der Waals surface area (Å²) in [6.07, 6.45) is 10.1. The minimum atomic E-state index is -0.0290. The number of nitrogens with zero attached hydrogens (tertiary/aromatic N) is 6. The molecule has 40 heavy (non-hydrogen) atoms. The summed E-state index contributed by atoms with van der Waals surface area (Å²) in [5, 5.41) is 3.62. The average Bonchev–Trinajstić information content (AvgIpc) is 3.35. The van der Waals surface area contributed by atoms with E-state index < -0.39 is 0 Å². The fourth-order valence-electron chi connectivity index (χ4n) is 6.67. The van der Waals surface area contributed by atoms with Crippen LogP contribution in [0.4, 0.5) is 5.95 Å². The van der Waals surface area contributed by atoms with Gasteiger partial charge in [-0.25, -0.2) is 14.8 Å². The van der Waals surface area contributed by atoms with Gasteiger partial charge in [-0.15, -0.1) is 0 Å². The highest BCUT2D eigenvalue weighted by molar-refractivity contribution is 5.59. The zero-order valence-corrected chi connectivity index (χ0v) is 24.0. The molecular weight excluding hydrogens is 502 g/mol. The number of imidazole rings is 1. The molecule has 2 aromatic heterocycles. The lowest BCUT2D eigenvalue weighted by Crippen LogP contribution is -2.51. The van der Waals surface area contributed by atoms with E-state index in [1.165, 1.54) is 39.0 Å². The van der Waals surface area contributed by atoms with Crippen molar-refractivity contribution in [2.75, 3.05) is 51.3 Å². The van der Waals surface area contributed by atoms with Gasteiger partial charge in [-0.05, 0) is 75.8 Å². The molecule has 9 heteroatoms. The predicted molar refractivity (Wildman–Crippen MR) is 158 cm³/mol. The molecule has 6 rings (SSSR count). The quantitative estimate of drug-likeness (QED) is 0.479. The van der Waals surface area contributed by atoms with Gasteiger partial charge in [0.1, 0.15) is 0 Å². The monoisotopic (exact) mass is 545 g/mol. The zero-order valence-electron chi connectivity index (χ0n) is 24.0. The molecule has 3 aromatic rings. The topological polar surface area (TPSA) is 80.5 Å². The van der Waals surface area contributed by atoms with E-state index in [0.29, 0.717) is 31.2 Å². The van der Waals surface area contributed by atoms with Gasteiger partial charge in [0.25, 0.3) is 0 Å². The molecule has 0 bridgehead atoms. The molecule has 0 atom stereocenters.